The Labute approximate surface area is 349 Å². The Bertz CT molecular complexity index is 2870. The molecule has 0 bridgehead atoms. The van der Waals surface area contributed by atoms with Gasteiger partial charge in [0.15, 0.2) is 0 Å². The molecule has 2 aromatic heterocycles. The maximum atomic E-state index is 6.47. The molecular weight excluding hydrogens is 733 g/mol. The van der Waals surface area contributed by atoms with Gasteiger partial charge in [-0.05, 0) is 201 Å². The average molecular weight is 779 g/mol. The molecule has 59 heavy (non-hydrogen) atoms. The number of hydrogen-bond donors (Lipinski definition) is 0. The predicted octanol–water partition coefficient (Wildman–Crippen LogP) is 14.6. The zero-order valence-corrected chi connectivity index (χ0v) is 34.8. The van der Waals surface area contributed by atoms with Crippen LogP contribution in [0.2, 0.25) is 12.1 Å². The van der Waals surface area contributed by atoms with Gasteiger partial charge in [0.1, 0.15) is 23.0 Å². The van der Waals surface area contributed by atoms with Crippen LogP contribution in [-0.2, 0) is 25.7 Å². The molecule has 2 atom stereocenters. The van der Waals surface area contributed by atoms with Crippen LogP contribution in [0.4, 0.5) is 0 Å². The van der Waals surface area contributed by atoms with Gasteiger partial charge in [0.2, 0.25) is 0 Å². The van der Waals surface area contributed by atoms with Crippen LogP contribution >= 0.6 is 0 Å². The molecule has 3 heteroatoms. The van der Waals surface area contributed by atoms with Crippen molar-refractivity contribution in [2.24, 2.45) is 0 Å². The van der Waals surface area contributed by atoms with E-state index in [1.165, 1.54) is 90.0 Å². The third-order valence-electron chi connectivity index (χ3n) is 13.9. The third-order valence-corrected chi connectivity index (χ3v) is 15.3. The smallest absolute Gasteiger partial charge is 0.130 e. The third kappa shape index (κ3) is 5.80. The minimum absolute atomic E-state index is 0.284. The number of benzene rings is 6. The summed E-state index contributed by atoms with van der Waals surface area (Å²) in [5, 5.41) is 5.20. The van der Waals surface area contributed by atoms with Crippen molar-refractivity contribution in [3.63, 3.8) is 0 Å². The Morgan fingerprint density at radius 1 is 0.492 bits per heavy atom. The lowest BCUT2D eigenvalue weighted by molar-refractivity contribution is 0.518. The van der Waals surface area contributed by atoms with E-state index in [4.69, 9.17) is 8.83 Å². The molecule has 4 aliphatic rings. The van der Waals surface area contributed by atoms with Crippen molar-refractivity contribution in [1.82, 2.24) is 0 Å². The number of aryl methyl sites for hydroxylation is 4. The van der Waals surface area contributed by atoms with Crippen LogP contribution in [0.15, 0.2) is 130 Å². The van der Waals surface area contributed by atoms with Gasteiger partial charge in [-0.3, -0.25) is 0 Å². The fraction of sp³-hybridized carbons (Fsp3) is 0.214. The standard InChI is InChI=1S/C56H46O2Si/c1-33-17-23-53(57-33)47-29-49-45(27-39-13-7-15-43(39)55(49)41-21-19-35-9-3-5-11-37(35)25-41)51(47)31-59-32-52-46-28-40-14-8-16-44(40)56(42-22-20-36-10-4-6-12-38(36)26-42)50(46)30-48(52)54-24-18-34(2)58-54/h3-6,9-12,17-30,51-52H,7-8,13-16,31-32H2,1-2H3. The summed E-state index contributed by atoms with van der Waals surface area (Å²) in [6, 6.07) is 47.8. The molecule has 286 valence electrons. The fourth-order valence-electron chi connectivity index (χ4n) is 11.1. The van der Waals surface area contributed by atoms with Crippen molar-refractivity contribution < 1.29 is 8.83 Å². The van der Waals surface area contributed by atoms with Crippen LogP contribution in [0, 0.1) is 13.8 Å². The van der Waals surface area contributed by atoms with Crippen molar-refractivity contribution in [2.75, 3.05) is 0 Å². The molecule has 0 amide bonds. The second-order valence-electron chi connectivity index (χ2n) is 17.4. The summed E-state index contributed by atoms with van der Waals surface area (Å²) in [5.41, 5.74) is 20.3. The highest BCUT2D eigenvalue weighted by Crippen LogP contribution is 2.54. The second kappa shape index (κ2) is 13.9. The molecule has 2 radical (unpaired) electrons. The Morgan fingerprint density at radius 3 is 1.39 bits per heavy atom. The summed E-state index contributed by atoms with van der Waals surface area (Å²) in [6.45, 7) is 4.14. The van der Waals surface area contributed by atoms with E-state index in [2.05, 4.69) is 147 Å². The minimum Gasteiger partial charge on any atom is -0.462 e. The van der Waals surface area contributed by atoms with Crippen molar-refractivity contribution in [2.45, 2.75) is 76.3 Å². The van der Waals surface area contributed by atoms with Gasteiger partial charge in [-0.25, -0.2) is 0 Å². The first-order valence-corrected chi connectivity index (χ1v) is 23.1. The molecule has 12 rings (SSSR count). The number of furan rings is 2. The minimum atomic E-state index is 0.284. The molecule has 0 spiro atoms. The lowest BCUT2D eigenvalue weighted by Gasteiger charge is -2.22. The van der Waals surface area contributed by atoms with Crippen molar-refractivity contribution in [1.29, 1.82) is 0 Å². The first-order valence-electron chi connectivity index (χ1n) is 21.7. The maximum absolute atomic E-state index is 6.47. The van der Waals surface area contributed by atoms with Crippen LogP contribution in [-0.4, -0.2) is 9.52 Å². The zero-order valence-electron chi connectivity index (χ0n) is 33.8. The lowest BCUT2D eigenvalue weighted by atomic mass is 9.86. The van der Waals surface area contributed by atoms with Gasteiger partial charge in [-0.1, -0.05) is 84.9 Å². The summed E-state index contributed by atoms with van der Waals surface area (Å²) in [7, 11) is 0.756. The van der Waals surface area contributed by atoms with Crippen LogP contribution in [0.25, 0.3) is 67.1 Å². The lowest BCUT2D eigenvalue weighted by Crippen LogP contribution is -2.09. The zero-order chi connectivity index (χ0) is 39.2. The number of fused-ring (bicyclic) bond motifs is 6. The highest BCUT2D eigenvalue weighted by atomic mass is 28.2. The topological polar surface area (TPSA) is 26.3 Å². The van der Waals surface area contributed by atoms with Gasteiger partial charge >= 0.3 is 0 Å². The number of allylic oxidation sites excluding steroid dienone is 2. The highest BCUT2D eigenvalue weighted by molar-refractivity contribution is 6.37. The average Bonchev–Trinajstić information content (AvgIpc) is 4.13. The van der Waals surface area contributed by atoms with E-state index in [-0.39, 0.29) is 11.8 Å². The molecule has 0 saturated heterocycles. The summed E-state index contributed by atoms with van der Waals surface area (Å²) in [6.07, 6.45) is 12.1. The largest absolute Gasteiger partial charge is 0.462 e. The molecule has 0 fully saturated rings. The normalized spacial score (nSPS) is 17.7. The van der Waals surface area contributed by atoms with Gasteiger partial charge in [0, 0.05) is 32.5 Å². The fourth-order valence-corrected chi connectivity index (χ4v) is 12.8. The predicted molar refractivity (Wildman–Crippen MR) is 246 cm³/mol. The highest BCUT2D eigenvalue weighted by Gasteiger charge is 2.36. The van der Waals surface area contributed by atoms with E-state index in [1.54, 1.807) is 22.3 Å². The Balaban J connectivity index is 0.945. The number of hydrogen-bond acceptors (Lipinski definition) is 2. The Hall–Kier alpha value is -5.90. The molecule has 2 heterocycles. The Morgan fingerprint density at radius 2 is 0.949 bits per heavy atom. The van der Waals surface area contributed by atoms with E-state index in [0.29, 0.717) is 0 Å². The summed E-state index contributed by atoms with van der Waals surface area (Å²) < 4.78 is 12.9. The molecule has 6 aromatic carbocycles. The second-order valence-corrected chi connectivity index (χ2v) is 18.7. The van der Waals surface area contributed by atoms with Crippen molar-refractivity contribution in [3.8, 4) is 22.3 Å². The van der Waals surface area contributed by atoms with Gasteiger partial charge < -0.3 is 8.83 Å². The first kappa shape index (κ1) is 35.1. The molecular formula is C56H46O2Si. The quantitative estimate of drug-likeness (QED) is 0.144. The van der Waals surface area contributed by atoms with Crippen LogP contribution in [0.1, 0.15) is 92.2 Å². The van der Waals surface area contributed by atoms with Gasteiger partial charge in [0.25, 0.3) is 0 Å². The molecule has 8 aromatic rings. The molecule has 0 saturated carbocycles. The summed E-state index contributed by atoms with van der Waals surface area (Å²) in [4.78, 5) is 0. The SMILES string of the molecule is Cc1ccc(C2=Cc3c(cc4c(c3-c3ccc5ccccc5c3)CCC4)C2C[Si]CC2C(c3ccc(C)o3)=Cc3c2cc2c(c3-c3ccc4ccccc4c3)CCC2)o1. The Kier molecular flexibility index (Phi) is 8.23. The number of rotatable bonds is 8. The van der Waals surface area contributed by atoms with E-state index in [0.717, 1.165) is 70.3 Å². The van der Waals surface area contributed by atoms with E-state index >= 15 is 0 Å². The van der Waals surface area contributed by atoms with Crippen LogP contribution < -0.4 is 0 Å². The molecule has 0 N–H and O–H groups in total. The summed E-state index contributed by atoms with van der Waals surface area (Å²) in [5.74, 6) is 4.54. The van der Waals surface area contributed by atoms with Crippen molar-refractivity contribution >= 4 is 54.4 Å². The molecule has 0 aliphatic heterocycles. The van der Waals surface area contributed by atoms with Gasteiger partial charge in [-0.2, -0.15) is 0 Å². The van der Waals surface area contributed by atoms with Crippen LogP contribution in [0.3, 0.4) is 0 Å². The monoisotopic (exact) mass is 778 g/mol. The summed E-state index contributed by atoms with van der Waals surface area (Å²) >= 11 is 0. The van der Waals surface area contributed by atoms with Crippen LogP contribution in [0.5, 0.6) is 0 Å². The van der Waals surface area contributed by atoms with E-state index < -0.39 is 0 Å². The first-order chi connectivity index (χ1) is 29.0. The van der Waals surface area contributed by atoms with E-state index in [9.17, 15) is 0 Å². The maximum Gasteiger partial charge on any atom is 0.130 e. The van der Waals surface area contributed by atoms with E-state index in [1.807, 2.05) is 0 Å². The van der Waals surface area contributed by atoms with Gasteiger partial charge in [-0.15, -0.1) is 0 Å². The molecule has 2 nitrogen and oxygen atoms in total. The molecule has 2 unspecified atom stereocenters. The van der Waals surface area contributed by atoms with Crippen molar-refractivity contribution in [3.05, 3.63) is 189 Å². The van der Waals surface area contributed by atoms with Gasteiger partial charge in [0.05, 0.1) is 0 Å². The molecule has 4 aliphatic carbocycles.